The summed E-state index contributed by atoms with van der Waals surface area (Å²) in [4.78, 5) is 29.4. The summed E-state index contributed by atoms with van der Waals surface area (Å²) in [5.74, 6) is -0.228. The fourth-order valence-electron chi connectivity index (χ4n) is 2.05. The number of nitrogens with one attached hydrogen (secondary N) is 2. The number of pyridine rings is 1. The summed E-state index contributed by atoms with van der Waals surface area (Å²) in [5.41, 5.74) is 1.70. The van der Waals surface area contributed by atoms with Crippen LogP contribution in [0.25, 0.3) is 0 Å². The van der Waals surface area contributed by atoms with Gasteiger partial charge in [0.15, 0.2) is 0 Å². The molecule has 2 aromatic rings. The van der Waals surface area contributed by atoms with E-state index >= 15 is 0 Å². The standard InChI is InChI=1S/C17H19ClN4O2/c1-11(12-4-6-13(18)7-5-12)20-17(24)21-14-8-9-19-15(10-14)16(23)22(2)3/h4-11H,1-3H3,(H2,19,20,21,24)/t11-/m0/s1. The zero-order chi connectivity index (χ0) is 17.7. The maximum atomic E-state index is 12.1. The van der Waals surface area contributed by atoms with Crippen molar-refractivity contribution in [1.29, 1.82) is 0 Å². The van der Waals surface area contributed by atoms with E-state index in [1.54, 1.807) is 32.3 Å². The van der Waals surface area contributed by atoms with E-state index in [4.69, 9.17) is 11.6 Å². The topological polar surface area (TPSA) is 74.3 Å². The van der Waals surface area contributed by atoms with E-state index in [0.29, 0.717) is 10.7 Å². The molecule has 0 radical (unpaired) electrons. The zero-order valence-corrected chi connectivity index (χ0v) is 14.5. The van der Waals surface area contributed by atoms with Gasteiger partial charge in [-0.1, -0.05) is 23.7 Å². The third kappa shape index (κ3) is 4.70. The maximum Gasteiger partial charge on any atom is 0.319 e. The molecular formula is C17H19ClN4O2. The molecule has 0 saturated carbocycles. The van der Waals surface area contributed by atoms with Gasteiger partial charge in [0.25, 0.3) is 5.91 Å². The Bertz CT molecular complexity index is 732. The fourth-order valence-corrected chi connectivity index (χ4v) is 2.18. The molecule has 7 heteroatoms. The summed E-state index contributed by atoms with van der Waals surface area (Å²) in [6.07, 6.45) is 1.48. The van der Waals surface area contributed by atoms with Gasteiger partial charge in [-0.25, -0.2) is 4.79 Å². The van der Waals surface area contributed by atoms with Crippen molar-refractivity contribution in [3.8, 4) is 0 Å². The molecule has 24 heavy (non-hydrogen) atoms. The minimum absolute atomic E-state index is 0.188. The predicted octanol–water partition coefficient (Wildman–Crippen LogP) is 3.32. The molecule has 2 N–H and O–H groups in total. The van der Waals surface area contributed by atoms with E-state index in [2.05, 4.69) is 15.6 Å². The number of rotatable bonds is 4. The number of hydrogen-bond acceptors (Lipinski definition) is 3. The summed E-state index contributed by atoms with van der Waals surface area (Å²) in [7, 11) is 3.29. The highest BCUT2D eigenvalue weighted by Gasteiger charge is 2.12. The monoisotopic (exact) mass is 346 g/mol. The summed E-state index contributed by atoms with van der Waals surface area (Å²) >= 11 is 5.86. The van der Waals surface area contributed by atoms with E-state index in [9.17, 15) is 9.59 Å². The second kappa shape index (κ2) is 7.79. The first-order valence-electron chi connectivity index (χ1n) is 7.37. The highest BCUT2D eigenvalue weighted by Crippen LogP contribution is 2.16. The molecular weight excluding hydrogens is 328 g/mol. The second-order valence-corrected chi connectivity index (χ2v) is 5.94. The van der Waals surface area contributed by atoms with E-state index in [1.165, 1.54) is 17.2 Å². The Hall–Kier alpha value is -2.60. The Kier molecular flexibility index (Phi) is 5.76. The number of anilines is 1. The van der Waals surface area contributed by atoms with Crippen LogP contribution >= 0.6 is 11.6 Å². The number of carbonyl (C=O) groups is 2. The normalized spacial score (nSPS) is 11.5. The van der Waals surface area contributed by atoms with Crippen LogP contribution in [0.2, 0.25) is 5.02 Å². The predicted molar refractivity (Wildman–Crippen MR) is 94.3 cm³/mol. The molecule has 126 valence electrons. The van der Waals surface area contributed by atoms with Crippen LogP contribution in [0.4, 0.5) is 10.5 Å². The van der Waals surface area contributed by atoms with Gasteiger partial charge in [0, 0.05) is 31.0 Å². The smallest absolute Gasteiger partial charge is 0.319 e. The van der Waals surface area contributed by atoms with Crippen LogP contribution in [0.5, 0.6) is 0 Å². The molecule has 1 aromatic carbocycles. The average molecular weight is 347 g/mol. The SMILES string of the molecule is C[C@H](NC(=O)Nc1ccnc(C(=O)N(C)C)c1)c1ccc(Cl)cc1. The molecule has 0 fully saturated rings. The highest BCUT2D eigenvalue weighted by atomic mass is 35.5. The van der Waals surface area contributed by atoms with Crippen molar-refractivity contribution in [2.45, 2.75) is 13.0 Å². The van der Waals surface area contributed by atoms with Crippen molar-refractivity contribution in [3.05, 3.63) is 58.9 Å². The third-order valence-electron chi connectivity index (χ3n) is 3.36. The minimum Gasteiger partial charge on any atom is -0.343 e. The number of benzene rings is 1. The van der Waals surface area contributed by atoms with E-state index in [1.807, 2.05) is 19.1 Å². The van der Waals surface area contributed by atoms with Crippen molar-refractivity contribution < 1.29 is 9.59 Å². The van der Waals surface area contributed by atoms with Gasteiger partial charge in [0.1, 0.15) is 5.69 Å². The van der Waals surface area contributed by atoms with Gasteiger partial charge in [-0.3, -0.25) is 9.78 Å². The van der Waals surface area contributed by atoms with Crippen LogP contribution in [0.3, 0.4) is 0 Å². The minimum atomic E-state index is -0.369. The average Bonchev–Trinajstić information content (AvgIpc) is 2.54. The van der Waals surface area contributed by atoms with Crippen LogP contribution in [-0.4, -0.2) is 35.9 Å². The van der Waals surface area contributed by atoms with Gasteiger partial charge >= 0.3 is 6.03 Å². The van der Waals surface area contributed by atoms with E-state index in [0.717, 1.165) is 5.56 Å². The first-order valence-corrected chi connectivity index (χ1v) is 7.75. The largest absolute Gasteiger partial charge is 0.343 e. The van der Waals surface area contributed by atoms with Crippen LogP contribution in [0.1, 0.15) is 29.0 Å². The van der Waals surface area contributed by atoms with E-state index < -0.39 is 0 Å². The lowest BCUT2D eigenvalue weighted by atomic mass is 10.1. The molecule has 1 heterocycles. The Morgan fingerprint density at radius 2 is 1.83 bits per heavy atom. The molecule has 0 saturated heterocycles. The van der Waals surface area contributed by atoms with Gasteiger partial charge in [0.05, 0.1) is 6.04 Å². The van der Waals surface area contributed by atoms with Crippen LogP contribution in [0.15, 0.2) is 42.6 Å². The lowest BCUT2D eigenvalue weighted by molar-refractivity contribution is 0.0822. The first-order chi connectivity index (χ1) is 11.4. The third-order valence-corrected chi connectivity index (χ3v) is 3.61. The maximum absolute atomic E-state index is 12.1. The van der Waals surface area contributed by atoms with Crippen molar-refractivity contribution in [1.82, 2.24) is 15.2 Å². The van der Waals surface area contributed by atoms with Gasteiger partial charge in [-0.15, -0.1) is 0 Å². The van der Waals surface area contributed by atoms with E-state index in [-0.39, 0.29) is 23.7 Å². The van der Waals surface area contributed by atoms with Crippen LogP contribution in [-0.2, 0) is 0 Å². The number of aromatic nitrogens is 1. The summed E-state index contributed by atoms with van der Waals surface area (Å²) < 4.78 is 0. The number of hydrogen-bond donors (Lipinski definition) is 2. The highest BCUT2D eigenvalue weighted by molar-refractivity contribution is 6.30. The van der Waals surface area contributed by atoms with Gasteiger partial charge in [0.2, 0.25) is 0 Å². The Labute approximate surface area is 145 Å². The molecule has 6 nitrogen and oxygen atoms in total. The Morgan fingerprint density at radius 1 is 1.17 bits per heavy atom. The molecule has 2 rings (SSSR count). The molecule has 0 unspecified atom stereocenters. The number of carbonyl (C=O) groups excluding carboxylic acids is 2. The summed E-state index contributed by atoms with van der Waals surface area (Å²) in [5, 5.41) is 6.17. The molecule has 0 aliphatic carbocycles. The van der Waals surface area contributed by atoms with Gasteiger partial charge < -0.3 is 15.5 Å². The zero-order valence-electron chi connectivity index (χ0n) is 13.7. The quantitative estimate of drug-likeness (QED) is 0.891. The van der Waals surface area contributed by atoms with Crippen molar-refractivity contribution in [2.24, 2.45) is 0 Å². The number of amides is 3. The number of nitrogens with zero attached hydrogens (tertiary/aromatic N) is 2. The molecule has 1 atom stereocenters. The Morgan fingerprint density at radius 3 is 2.46 bits per heavy atom. The number of urea groups is 1. The van der Waals surface area contributed by atoms with Crippen molar-refractivity contribution in [2.75, 3.05) is 19.4 Å². The molecule has 0 bridgehead atoms. The second-order valence-electron chi connectivity index (χ2n) is 5.50. The summed E-state index contributed by atoms with van der Waals surface area (Å²) in [6.45, 7) is 1.87. The van der Waals surface area contributed by atoms with Crippen molar-refractivity contribution in [3.63, 3.8) is 0 Å². The molecule has 1 aromatic heterocycles. The first kappa shape index (κ1) is 17.7. The Balaban J connectivity index is 2.00. The molecule has 3 amide bonds. The van der Waals surface area contributed by atoms with Gasteiger partial charge in [-0.2, -0.15) is 0 Å². The van der Waals surface area contributed by atoms with Gasteiger partial charge in [-0.05, 0) is 36.8 Å². The lowest BCUT2D eigenvalue weighted by Gasteiger charge is -2.15. The fraction of sp³-hybridized carbons (Fsp3) is 0.235. The van der Waals surface area contributed by atoms with Crippen LogP contribution < -0.4 is 10.6 Å². The molecule has 0 aliphatic rings. The lowest BCUT2D eigenvalue weighted by Crippen LogP contribution is -2.31. The summed E-state index contributed by atoms with van der Waals surface area (Å²) in [6, 6.07) is 9.86. The van der Waals surface area contributed by atoms with Crippen LogP contribution in [0, 0.1) is 0 Å². The number of halogens is 1. The molecule has 0 spiro atoms. The van der Waals surface area contributed by atoms with Crippen molar-refractivity contribution >= 4 is 29.2 Å². The molecule has 0 aliphatic heterocycles.